The molecule has 1 N–H and O–H groups in total. The number of likely N-dealkylation sites (N-methyl/N-ethyl adjacent to an activating group) is 1. The molecule has 2 aromatic carbocycles. The van der Waals surface area contributed by atoms with Gasteiger partial charge >= 0.3 is 0 Å². The fourth-order valence-electron chi connectivity index (χ4n) is 3.59. The van der Waals surface area contributed by atoms with E-state index >= 15 is 0 Å². The van der Waals surface area contributed by atoms with Crippen LogP contribution in [0.25, 0.3) is 22.6 Å². The first-order valence-corrected chi connectivity index (χ1v) is 10.7. The number of rotatable bonds is 9. The molecule has 6 heteroatoms. The van der Waals surface area contributed by atoms with Crippen molar-refractivity contribution < 1.29 is 13.6 Å². The molecule has 2 heterocycles. The highest BCUT2D eigenvalue weighted by molar-refractivity contribution is 5.77. The summed E-state index contributed by atoms with van der Waals surface area (Å²) < 4.78 is 11.6. The number of hydrogen-bond donors (Lipinski definition) is 1. The first-order valence-electron chi connectivity index (χ1n) is 10.7. The summed E-state index contributed by atoms with van der Waals surface area (Å²) in [7, 11) is 3.92. The Morgan fingerprint density at radius 2 is 1.66 bits per heavy atom. The van der Waals surface area contributed by atoms with Crippen LogP contribution < -0.4 is 5.32 Å². The number of furan rings is 1. The lowest BCUT2D eigenvalue weighted by Crippen LogP contribution is -2.34. The number of aryl methyl sites for hydroxylation is 1. The minimum Gasteiger partial charge on any atom is -0.468 e. The Bertz CT molecular complexity index is 1060. The second-order valence-electron chi connectivity index (χ2n) is 7.82. The van der Waals surface area contributed by atoms with E-state index in [1.165, 1.54) is 0 Å². The van der Waals surface area contributed by atoms with Crippen LogP contribution in [0.4, 0.5) is 0 Å². The Hall–Kier alpha value is -3.64. The van der Waals surface area contributed by atoms with Gasteiger partial charge in [-0.3, -0.25) is 9.69 Å². The monoisotopic (exact) mass is 429 g/mol. The van der Waals surface area contributed by atoms with Gasteiger partial charge in [-0.05, 0) is 26.2 Å². The first-order chi connectivity index (χ1) is 15.6. The van der Waals surface area contributed by atoms with E-state index in [2.05, 4.69) is 5.32 Å². The predicted octanol–water partition coefficient (Wildman–Crippen LogP) is 4.95. The summed E-state index contributed by atoms with van der Waals surface area (Å²) in [5.74, 6) is 2.04. The van der Waals surface area contributed by atoms with E-state index < -0.39 is 0 Å². The summed E-state index contributed by atoms with van der Waals surface area (Å²) in [6.45, 7) is 0.468. The number of amides is 1. The molecule has 4 aromatic rings. The molecule has 2 aromatic heterocycles. The third kappa shape index (κ3) is 5.15. The molecule has 1 atom stereocenters. The number of benzene rings is 2. The minimum absolute atomic E-state index is 0.0231. The van der Waals surface area contributed by atoms with Crippen molar-refractivity contribution in [3.63, 3.8) is 0 Å². The first kappa shape index (κ1) is 21.6. The Morgan fingerprint density at radius 3 is 2.28 bits per heavy atom. The molecule has 32 heavy (non-hydrogen) atoms. The molecule has 0 radical (unpaired) electrons. The van der Waals surface area contributed by atoms with Gasteiger partial charge in [0.2, 0.25) is 5.91 Å². The van der Waals surface area contributed by atoms with Gasteiger partial charge in [-0.15, -0.1) is 0 Å². The molecular formula is C26H27N3O3. The Labute approximate surface area is 187 Å². The maximum atomic E-state index is 12.5. The van der Waals surface area contributed by atoms with Gasteiger partial charge in [-0.25, -0.2) is 4.98 Å². The highest BCUT2D eigenvalue weighted by Gasteiger charge is 2.19. The standard InChI is InChI=1S/C26H27N3O3/c1-29(2)21(22-14-9-17-31-22)18-27-23(30)15-16-24-28-25(19-10-5-3-6-11-19)26(32-24)20-12-7-4-8-13-20/h3-14,17,21H,15-16,18H2,1-2H3,(H,27,30). The molecule has 0 bridgehead atoms. The van der Waals surface area contributed by atoms with Crippen molar-refractivity contribution >= 4 is 5.91 Å². The average Bonchev–Trinajstić information content (AvgIpc) is 3.49. The third-order valence-corrected chi connectivity index (χ3v) is 5.31. The van der Waals surface area contributed by atoms with Crippen molar-refractivity contribution in [3.05, 3.63) is 90.7 Å². The lowest BCUT2D eigenvalue weighted by molar-refractivity contribution is -0.121. The lowest BCUT2D eigenvalue weighted by atomic mass is 10.1. The Balaban J connectivity index is 1.44. The van der Waals surface area contributed by atoms with Crippen LogP contribution in [0.3, 0.4) is 0 Å². The molecule has 1 unspecified atom stereocenters. The second-order valence-corrected chi connectivity index (χ2v) is 7.82. The number of nitrogens with one attached hydrogen (secondary N) is 1. The largest absolute Gasteiger partial charge is 0.468 e. The van der Waals surface area contributed by atoms with Crippen LogP contribution in [0.5, 0.6) is 0 Å². The van der Waals surface area contributed by atoms with Crippen LogP contribution in [-0.4, -0.2) is 36.4 Å². The predicted molar refractivity (Wildman–Crippen MR) is 124 cm³/mol. The van der Waals surface area contributed by atoms with Crippen LogP contribution in [0.15, 0.2) is 87.9 Å². The number of carbonyl (C=O) groups excluding carboxylic acids is 1. The number of carbonyl (C=O) groups is 1. The molecule has 0 fully saturated rings. The van der Waals surface area contributed by atoms with Crippen LogP contribution >= 0.6 is 0 Å². The molecule has 0 aliphatic carbocycles. The van der Waals surface area contributed by atoms with Gasteiger partial charge in [0, 0.05) is 30.5 Å². The fraction of sp³-hybridized carbons (Fsp3) is 0.231. The normalized spacial score (nSPS) is 12.1. The van der Waals surface area contributed by atoms with Crippen molar-refractivity contribution in [2.24, 2.45) is 0 Å². The summed E-state index contributed by atoms with van der Waals surface area (Å²) in [6, 6.07) is 23.6. The zero-order valence-corrected chi connectivity index (χ0v) is 18.3. The average molecular weight is 430 g/mol. The van der Waals surface area contributed by atoms with Crippen LogP contribution in [0.1, 0.15) is 24.1 Å². The lowest BCUT2D eigenvalue weighted by Gasteiger charge is -2.22. The van der Waals surface area contributed by atoms with Gasteiger partial charge in [0.1, 0.15) is 11.5 Å². The highest BCUT2D eigenvalue weighted by atomic mass is 16.4. The van der Waals surface area contributed by atoms with Crippen LogP contribution in [0.2, 0.25) is 0 Å². The Kier molecular flexibility index (Phi) is 6.82. The van der Waals surface area contributed by atoms with Gasteiger partial charge in [-0.2, -0.15) is 0 Å². The molecule has 0 saturated carbocycles. The van der Waals surface area contributed by atoms with Gasteiger partial charge in [-0.1, -0.05) is 60.7 Å². The molecule has 1 amide bonds. The van der Waals surface area contributed by atoms with E-state index in [0.717, 1.165) is 28.3 Å². The second kappa shape index (κ2) is 10.1. The Morgan fingerprint density at radius 1 is 0.969 bits per heavy atom. The summed E-state index contributed by atoms with van der Waals surface area (Å²) in [5, 5.41) is 3.00. The summed E-state index contributed by atoms with van der Waals surface area (Å²) in [6.07, 6.45) is 2.36. The number of oxazole rings is 1. The van der Waals surface area contributed by atoms with E-state index in [0.29, 0.717) is 25.3 Å². The van der Waals surface area contributed by atoms with Gasteiger partial charge in [0.05, 0.1) is 12.3 Å². The van der Waals surface area contributed by atoms with E-state index in [9.17, 15) is 4.79 Å². The molecule has 0 aliphatic heterocycles. The molecule has 4 rings (SSSR count). The summed E-state index contributed by atoms with van der Waals surface area (Å²) in [4.78, 5) is 19.3. The molecule has 0 saturated heterocycles. The number of nitrogens with zero attached hydrogens (tertiary/aromatic N) is 2. The number of hydrogen-bond acceptors (Lipinski definition) is 5. The van der Waals surface area contributed by atoms with E-state index in [1.807, 2.05) is 91.8 Å². The topological polar surface area (TPSA) is 71.5 Å². The maximum Gasteiger partial charge on any atom is 0.220 e. The summed E-state index contributed by atoms with van der Waals surface area (Å²) >= 11 is 0. The van der Waals surface area contributed by atoms with Crippen molar-refractivity contribution in [2.45, 2.75) is 18.9 Å². The highest BCUT2D eigenvalue weighted by Crippen LogP contribution is 2.32. The molecule has 6 nitrogen and oxygen atoms in total. The maximum absolute atomic E-state index is 12.5. The third-order valence-electron chi connectivity index (χ3n) is 5.31. The van der Waals surface area contributed by atoms with Crippen LogP contribution in [-0.2, 0) is 11.2 Å². The number of aromatic nitrogens is 1. The van der Waals surface area contributed by atoms with Crippen molar-refractivity contribution in [1.29, 1.82) is 0 Å². The van der Waals surface area contributed by atoms with Crippen molar-refractivity contribution in [3.8, 4) is 22.6 Å². The quantitative estimate of drug-likeness (QED) is 0.407. The molecular weight excluding hydrogens is 402 g/mol. The van der Waals surface area contributed by atoms with Crippen LogP contribution in [0, 0.1) is 0 Å². The van der Waals surface area contributed by atoms with E-state index in [4.69, 9.17) is 13.8 Å². The smallest absolute Gasteiger partial charge is 0.220 e. The van der Waals surface area contributed by atoms with E-state index in [1.54, 1.807) is 6.26 Å². The summed E-state index contributed by atoms with van der Waals surface area (Å²) in [5.41, 5.74) is 2.73. The van der Waals surface area contributed by atoms with E-state index in [-0.39, 0.29) is 11.9 Å². The van der Waals surface area contributed by atoms with Gasteiger partial charge in [0.25, 0.3) is 0 Å². The molecule has 0 aliphatic rings. The zero-order valence-electron chi connectivity index (χ0n) is 18.3. The molecule has 0 spiro atoms. The van der Waals surface area contributed by atoms with Gasteiger partial charge < -0.3 is 14.2 Å². The zero-order chi connectivity index (χ0) is 22.3. The van der Waals surface area contributed by atoms with Crippen molar-refractivity contribution in [1.82, 2.24) is 15.2 Å². The van der Waals surface area contributed by atoms with Gasteiger partial charge in [0.15, 0.2) is 11.7 Å². The fourth-order valence-corrected chi connectivity index (χ4v) is 3.59. The SMILES string of the molecule is CN(C)C(CNC(=O)CCc1nc(-c2ccccc2)c(-c2ccccc2)o1)c1ccco1. The molecule has 164 valence electrons. The van der Waals surface area contributed by atoms with Crippen molar-refractivity contribution in [2.75, 3.05) is 20.6 Å². The minimum atomic E-state index is -0.0517.